The van der Waals surface area contributed by atoms with Crippen molar-refractivity contribution in [3.8, 4) is 0 Å². The van der Waals surface area contributed by atoms with Crippen LogP contribution < -0.4 is 9.80 Å². The molecule has 3 rings (SSSR count). The van der Waals surface area contributed by atoms with Crippen LogP contribution in [0.2, 0.25) is 0 Å². The maximum absolute atomic E-state index is 12.5. The molecule has 3 heterocycles. The van der Waals surface area contributed by atoms with Gasteiger partial charge in [0.1, 0.15) is 5.82 Å². The van der Waals surface area contributed by atoms with E-state index in [0.29, 0.717) is 18.7 Å². The first-order valence-corrected chi connectivity index (χ1v) is 7.60. The highest BCUT2D eigenvalue weighted by Gasteiger charge is 2.23. The average molecular weight is 312 g/mol. The summed E-state index contributed by atoms with van der Waals surface area (Å²) in [6.07, 6.45) is 5.11. The van der Waals surface area contributed by atoms with Gasteiger partial charge < -0.3 is 14.7 Å². The summed E-state index contributed by atoms with van der Waals surface area (Å²) in [6, 6.07) is 5.49. The zero-order valence-electron chi connectivity index (χ0n) is 13.4. The van der Waals surface area contributed by atoms with Crippen molar-refractivity contribution < 1.29 is 4.79 Å². The molecule has 0 aromatic carbocycles. The molecule has 0 N–H and O–H groups in total. The molecule has 0 bridgehead atoms. The van der Waals surface area contributed by atoms with Gasteiger partial charge in [0.2, 0.25) is 5.95 Å². The summed E-state index contributed by atoms with van der Waals surface area (Å²) in [5.41, 5.74) is 0.625. The molecule has 0 saturated carbocycles. The second kappa shape index (κ2) is 6.60. The Kier molecular flexibility index (Phi) is 4.36. The molecule has 1 aliphatic rings. The third kappa shape index (κ3) is 3.39. The Morgan fingerprint density at radius 3 is 2.30 bits per heavy atom. The Bertz CT molecular complexity index is 650. The molecule has 7 nitrogen and oxygen atoms in total. The van der Waals surface area contributed by atoms with Crippen LogP contribution in [0, 0.1) is 0 Å². The minimum Gasteiger partial charge on any atom is -0.363 e. The number of aromatic nitrogens is 3. The Morgan fingerprint density at radius 1 is 1.04 bits per heavy atom. The zero-order valence-corrected chi connectivity index (χ0v) is 13.4. The van der Waals surface area contributed by atoms with Crippen molar-refractivity contribution in [2.24, 2.45) is 0 Å². The minimum absolute atomic E-state index is 0.0245. The molecule has 0 unspecified atom stereocenters. The van der Waals surface area contributed by atoms with Gasteiger partial charge >= 0.3 is 0 Å². The van der Waals surface area contributed by atoms with Crippen LogP contribution >= 0.6 is 0 Å². The summed E-state index contributed by atoms with van der Waals surface area (Å²) in [5, 5.41) is 0. The number of piperazine rings is 1. The van der Waals surface area contributed by atoms with Gasteiger partial charge in [-0.1, -0.05) is 0 Å². The van der Waals surface area contributed by atoms with Crippen molar-refractivity contribution in [2.75, 3.05) is 50.1 Å². The first kappa shape index (κ1) is 15.2. The lowest BCUT2D eigenvalue weighted by molar-refractivity contribution is 0.0746. The number of anilines is 2. The van der Waals surface area contributed by atoms with Crippen molar-refractivity contribution in [2.45, 2.75) is 0 Å². The van der Waals surface area contributed by atoms with E-state index in [1.807, 2.05) is 36.0 Å². The van der Waals surface area contributed by atoms with Gasteiger partial charge in [-0.05, 0) is 18.2 Å². The summed E-state index contributed by atoms with van der Waals surface area (Å²) in [6.45, 7) is 2.79. The van der Waals surface area contributed by atoms with Crippen LogP contribution in [-0.4, -0.2) is 66.0 Å². The van der Waals surface area contributed by atoms with Crippen LogP contribution in [-0.2, 0) is 0 Å². The Hall–Kier alpha value is -2.70. The molecule has 0 aliphatic carbocycles. The second-order valence-electron chi connectivity index (χ2n) is 5.63. The smallest absolute Gasteiger partial charge is 0.255 e. The molecular weight excluding hydrogens is 292 g/mol. The lowest BCUT2D eigenvalue weighted by Crippen LogP contribution is -2.49. The van der Waals surface area contributed by atoms with Gasteiger partial charge in [0.05, 0.1) is 5.56 Å². The van der Waals surface area contributed by atoms with E-state index in [-0.39, 0.29) is 5.91 Å². The van der Waals surface area contributed by atoms with E-state index in [4.69, 9.17) is 0 Å². The summed E-state index contributed by atoms with van der Waals surface area (Å²) in [7, 11) is 3.85. The lowest BCUT2D eigenvalue weighted by atomic mass is 10.2. The lowest BCUT2D eigenvalue weighted by Gasteiger charge is -2.34. The fraction of sp³-hybridized carbons (Fsp3) is 0.375. The number of rotatable bonds is 3. The van der Waals surface area contributed by atoms with Gasteiger partial charge in [0.25, 0.3) is 5.91 Å². The fourth-order valence-corrected chi connectivity index (χ4v) is 2.52. The summed E-state index contributed by atoms with van der Waals surface area (Å²) in [5.74, 6) is 1.58. The molecule has 0 spiro atoms. The molecular formula is C16H20N6O. The van der Waals surface area contributed by atoms with Gasteiger partial charge in [0, 0.05) is 58.9 Å². The van der Waals surface area contributed by atoms with Crippen molar-refractivity contribution in [1.29, 1.82) is 0 Å². The van der Waals surface area contributed by atoms with Gasteiger partial charge in [-0.25, -0.2) is 15.0 Å². The number of nitrogens with zero attached hydrogens (tertiary/aromatic N) is 6. The van der Waals surface area contributed by atoms with E-state index < -0.39 is 0 Å². The molecule has 2 aromatic rings. The standard InChI is InChI=1S/C16H20N6O/c1-20(2)14-5-4-13(12-19-14)15(23)21-8-10-22(11-9-21)16-17-6-3-7-18-16/h3-7,12H,8-11H2,1-2H3. The molecule has 0 atom stereocenters. The highest BCUT2D eigenvalue weighted by molar-refractivity contribution is 5.94. The van der Waals surface area contributed by atoms with Crippen LogP contribution in [0.1, 0.15) is 10.4 Å². The van der Waals surface area contributed by atoms with Crippen LogP contribution in [0.4, 0.5) is 11.8 Å². The fourth-order valence-electron chi connectivity index (χ4n) is 2.52. The van der Waals surface area contributed by atoms with Gasteiger partial charge in [-0.3, -0.25) is 4.79 Å². The first-order chi connectivity index (χ1) is 11.1. The highest BCUT2D eigenvalue weighted by Crippen LogP contribution is 2.14. The normalized spacial score (nSPS) is 14.7. The predicted octanol–water partition coefficient (Wildman–Crippen LogP) is 0.900. The van der Waals surface area contributed by atoms with Crippen molar-refractivity contribution in [3.05, 3.63) is 42.4 Å². The zero-order chi connectivity index (χ0) is 16.2. The minimum atomic E-state index is 0.0245. The number of hydrogen-bond donors (Lipinski definition) is 0. The number of amides is 1. The van der Waals surface area contributed by atoms with Crippen molar-refractivity contribution in [3.63, 3.8) is 0 Å². The Labute approximate surface area is 135 Å². The van der Waals surface area contributed by atoms with E-state index in [9.17, 15) is 4.79 Å². The van der Waals surface area contributed by atoms with E-state index in [1.54, 1.807) is 24.7 Å². The molecule has 1 aliphatic heterocycles. The second-order valence-corrected chi connectivity index (χ2v) is 5.63. The van der Waals surface area contributed by atoms with E-state index >= 15 is 0 Å². The molecule has 23 heavy (non-hydrogen) atoms. The maximum atomic E-state index is 12.5. The highest BCUT2D eigenvalue weighted by atomic mass is 16.2. The van der Waals surface area contributed by atoms with Gasteiger partial charge in [0.15, 0.2) is 0 Å². The third-order valence-corrected chi connectivity index (χ3v) is 3.85. The van der Waals surface area contributed by atoms with Crippen LogP contribution in [0.5, 0.6) is 0 Å². The van der Waals surface area contributed by atoms with Crippen LogP contribution in [0.3, 0.4) is 0 Å². The largest absolute Gasteiger partial charge is 0.363 e. The number of pyridine rings is 1. The number of carbonyl (C=O) groups is 1. The van der Waals surface area contributed by atoms with Gasteiger partial charge in [-0.15, -0.1) is 0 Å². The van der Waals surface area contributed by atoms with Gasteiger partial charge in [-0.2, -0.15) is 0 Å². The third-order valence-electron chi connectivity index (χ3n) is 3.85. The molecule has 7 heteroatoms. The van der Waals surface area contributed by atoms with E-state index in [2.05, 4.69) is 19.9 Å². The molecule has 1 amide bonds. The molecule has 0 radical (unpaired) electrons. The topological polar surface area (TPSA) is 65.5 Å². The average Bonchev–Trinajstić information content (AvgIpc) is 2.62. The molecule has 1 saturated heterocycles. The summed E-state index contributed by atoms with van der Waals surface area (Å²) >= 11 is 0. The van der Waals surface area contributed by atoms with Crippen molar-refractivity contribution in [1.82, 2.24) is 19.9 Å². The molecule has 2 aromatic heterocycles. The van der Waals surface area contributed by atoms with Crippen LogP contribution in [0.25, 0.3) is 0 Å². The SMILES string of the molecule is CN(C)c1ccc(C(=O)N2CCN(c3ncccn3)CC2)cn1. The maximum Gasteiger partial charge on any atom is 0.255 e. The summed E-state index contributed by atoms with van der Waals surface area (Å²) < 4.78 is 0. The van der Waals surface area contributed by atoms with E-state index in [1.165, 1.54) is 0 Å². The predicted molar refractivity (Wildman–Crippen MR) is 88.7 cm³/mol. The summed E-state index contributed by atoms with van der Waals surface area (Å²) in [4.78, 5) is 31.2. The first-order valence-electron chi connectivity index (χ1n) is 7.60. The molecule has 120 valence electrons. The number of hydrogen-bond acceptors (Lipinski definition) is 6. The van der Waals surface area contributed by atoms with E-state index in [0.717, 1.165) is 24.9 Å². The quantitative estimate of drug-likeness (QED) is 0.839. The Morgan fingerprint density at radius 2 is 1.74 bits per heavy atom. The van der Waals surface area contributed by atoms with Crippen molar-refractivity contribution >= 4 is 17.7 Å². The monoisotopic (exact) mass is 312 g/mol. The number of carbonyl (C=O) groups excluding carboxylic acids is 1. The molecule has 1 fully saturated rings. The van der Waals surface area contributed by atoms with Crippen LogP contribution in [0.15, 0.2) is 36.8 Å². The Balaban J connectivity index is 1.62.